The van der Waals surface area contributed by atoms with Crippen molar-refractivity contribution in [2.24, 2.45) is 0 Å². The standard InChI is InChI=1S/C10H14O2S/c1-4-13(11,12)10-6-5-8(2)9(3)7-10/h5-7H,4H2,1-3H3. The van der Waals surface area contributed by atoms with Gasteiger partial charge in [-0.3, -0.25) is 0 Å². The summed E-state index contributed by atoms with van der Waals surface area (Å²) in [6.45, 7) is 5.55. The van der Waals surface area contributed by atoms with Gasteiger partial charge in [-0.05, 0) is 37.1 Å². The second-order valence-corrected chi connectivity index (χ2v) is 5.43. The van der Waals surface area contributed by atoms with Gasteiger partial charge in [0.25, 0.3) is 0 Å². The molecule has 72 valence electrons. The van der Waals surface area contributed by atoms with E-state index >= 15 is 0 Å². The van der Waals surface area contributed by atoms with Gasteiger partial charge >= 0.3 is 0 Å². The maximum atomic E-state index is 11.5. The van der Waals surface area contributed by atoms with E-state index in [-0.39, 0.29) is 5.75 Å². The van der Waals surface area contributed by atoms with Gasteiger partial charge in [-0.2, -0.15) is 0 Å². The van der Waals surface area contributed by atoms with E-state index in [2.05, 4.69) is 0 Å². The molecule has 0 spiro atoms. The van der Waals surface area contributed by atoms with E-state index in [1.54, 1.807) is 19.1 Å². The molecule has 0 N–H and O–H groups in total. The van der Waals surface area contributed by atoms with Crippen LogP contribution in [0.2, 0.25) is 0 Å². The van der Waals surface area contributed by atoms with Gasteiger partial charge in [-0.15, -0.1) is 0 Å². The van der Waals surface area contributed by atoms with Crippen molar-refractivity contribution in [3.8, 4) is 0 Å². The van der Waals surface area contributed by atoms with Crippen molar-refractivity contribution in [1.29, 1.82) is 0 Å². The van der Waals surface area contributed by atoms with E-state index in [1.165, 1.54) is 0 Å². The summed E-state index contributed by atoms with van der Waals surface area (Å²) in [5, 5.41) is 0. The monoisotopic (exact) mass is 198 g/mol. The molecule has 0 saturated carbocycles. The van der Waals surface area contributed by atoms with Crippen LogP contribution in [0.15, 0.2) is 23.1 Å². The molecule has 1 aromatic carbocycles. The topological polar surface area (TPSA) is 34.1 Å². The summed E-state index contributed by atoms with van der Waals surface area (Å²) in [6.07, 6.45) is 0. The van der Waals surface area contributed by atoms with Crippen LogP contribution in [0.1, 0.15) is 18.1 Å². The Morgan fingerprint density at radius 3 is 2.23 bits per heavy atom. The molecule has 1 aromatic rings. The van der Waals surface area contributed by atoms with E-state index in [0.29, 0.717) is 4.90 Å². The number of rotatable bonds is 2. The highest BCUT2D eigenvalue weighted by Crippen LogP contribution is 2.15. The van der Waals surface area contributed by atoms with E-state index in [9.17, 15) is 8.42 Å². The van der Waals surface area contributed by atoms with Gasteiger partial charge in [0.05, 0.1) is 10.6 Å². The largest absolute Gasteiger partial charge is 0.224 e. The number of hydrogen-bond donors (Lipinski definition) is 0. The average Bonchev–Trinajstić information content (AvgIpc) is 2.09. The van der Waals surface area contributed by atoms with E-state index in [0.717, 1.165) is 11.1 Å². The molecule has 0 fully saturated rings. The van der Waals surface area contributed by atoms with Crippen molar-refractivity contribution in [3.63, 3.8) is 0 Å². The third kappa shape index (κ3) is 2.10. The number of sulfone groups is 1. The highest BCUT2D eigenvalue weighted by atomic mass is 32.2. The molecule has 0 radical (unpaired) electrons. The van der Waals surface area contributed by atoms with E-state index < -0.39 is 9.84 Å². The van der Waals surface area contributed by atoms with Crippen LogP contribution >= 0.6 is 0 Å². The second-order valence-electron chi connectivity index (χ2n) is 3.15. The van der Waals surface area contributed by atoms with Gasteiger partial charge in [0.2, 0.25) is 0 Å². The molecular formula is C10H14O2S. The lowest BCUT2D eigenvalue weighted by atomic mass is 10.1. The van der Waals surface area contributed by atoms with Crippen molar-refractivity contribution in [2.45, 2.75) is 25.7 Å². The van der Waals surface area contributed by atoms with Crippen LogP contribution in [-0.4, -0.2) is 14.2 Å². The van der Waals surface area contributed by atoms with Crippen LogP contribution < -0.4 is 0 Å². The van der Waals surface area contributed by atoms with Crippen molar-refractivity contribution >= 4 is 9.84 Å². The zero-order valence-corrected chi connectivity index (χ0v) is 8.98. The van der Waals surface area contributed by atoms with Crippen LogP contribution in [0.4, 0.5) is 0 Å². The Balaban J connectivity index is 3.27. The highest BCUT2D eigenvalue weighted by molar-refractivity contribution is 7.91. The minimum Gasteiger partial charge on any atom is -0.224 e. The van der Waals surface area contributed by atoms with Crippen LogP contribution in [0.3, 0.4) is 0 Å². The third-order valence-corrected chi connectivity index (χ3v) is 3.95. The Morgan fingerprint density at radius 1 is 1.15 bits per heavy atom. The minimum absolute atomic E-state index is 0.162. The van der Waals surface area contributed by atoms with Crippen LogP contribution in [0.25, 0.3) is 0 Å². The predicted octanol–water partition coefficient (Wildman–Crippen LogP) is 2.10. The SMILES string of the molecule is CCS(=O)(=O)c1ccc(C)c(C)c1. The van der Waals surface area contributed by atoms with Crippen molar-refractivity contribution < 1.29 is 8.42 Å². The smallest absolute Gasteiger partial charge is 0.178 e. The van der Waals surface area contributed by atoms with Gasteiger partial charge < -0.3 is 0 Å². The molecule has 1 rings (SSSR count). The summed E-state index contributed by atoms with van der Waals surface area (Å²) in [5.41, 5.74) is 2.14. The molecular weight excluding hydrogens is 184 g/mol. The second kappa shape index (κ2) is 3.50. The van der Waals surface area contributed by atoms with Gasteiger partial charge in [-0.1, -0.05) is 13.0 Å². The van der Waals surface area contributed by atoms with E-state index in [4.69, 9.17) is 0 Å². The molecule has 3 heteroatoms. The molecule has 2 nitrogen and oxygen atoms in total. The first-order valence-electron chi connectivity index (χ1n) is 4.27. The molecule has 0 aliphatic carbocycles. The van der Waals surface area contributed by atoms with Crippen LogP contribution in [-0.2, 0) is 9.84 Å². The third-order valence-electron chi connectivity index (χ3n) is 2.22. The highest BCUT2D eigenvalue weighted by Gasteiger charge is 2.11. The normalized spacial score (nSPS) is 11.6. The summed E-state index contributed by atoms with van der Waals surface area (Å²) >= 11 is 0. The Kier molecular flexibility index (Phi) is 2.76. The molecule has 0 bridgehead atoms. The fraction of sp³-hybridized carbons (Fsp3) is 0.400. The first-order chi connectivity index (χ1) is 5.97. The lowest BCUT2D eigenvalue weighted by Gasteiger charge is -2.04. The summed E-state index contributed by atoms with van der Waals surface area (Å²) in [7, 11) is -3.04. The Morgan fingerprint density at radius 2 is 1.77 bits per heavy atom. The van der Waals surface area contributed by atoms with Gasteiger partial charge in [0.1, 0.15) is 0 Å². The molecule has 0 aliphatic heterocycles. The maximum absolute atomic E-state index is 11.5. The Hall–Kier alpha value is -0.830. The number of hydrogen-bond acceptors (Lipinski definition) is 2. The lowest BCUT2D eigenvalue weighted by molar-refractivity contribution is 0.597. The first kappa shape index (κ1) is 10.3. The molecule has 0 aromatic heterocycles. The van der Waals surface area contributed by atoms with E-state index in [1.807, 2.05) is 19.9 Å². The summed E-state index contributed by atoms with van der Waals surface area (Å²) in [4.78, 5) is 0.429. The Labute approximate surface area is 79.5 Å². The predicted molar refractivity (Wildman–Crippen MR) is 53.6 cm³/mol. The summed E-state index contributed by atoms with van der Waals surface area (Å²) in [5.74, 6) is 0.162. The van der Waals surface area contributed by atoms with Crippen molar-refractivity contribution in [2.75, 3.05) is 5.75 Å². The summed E-state index contributed by atoms with van der Waals surface area (Å²) < 4.78 is 22.9. The quantitative estimate of drug-likeness (QED) is 0.729. The molecule has 0 saturated heterocycles. The number of aryl methyl sites for hydroxylation is 2. The molecule has 0 aliphatic rings. The zero-order chi connectivity index (χ0) is 10.1. The zero-order valence-electron chi connectivity index (χ0n) is 8.16. The van der Waals surface area contributed by atoms with Gasteiger partial charge in [-0.25, -0.2) is 8.42 Å². The van der Waals surface area contributed by atoms with Crippen molar-refractivity contribution in [1.82, 2.24) is 0 Å². The van der Waals surface area contributed by atoms with Gasteiger partial charge in [0, 0.05) is 0 Å². The van der Waals surface area contributed by atoms with Gasteiger partial charge in [0.15, 0.2) is 9.84 Å². The fourth-order valence-electron chi connectivity index (χ4n) is 1.07. The van der Waals surface area contributed by atoms with Crippen LogP contribution in [0, 0.1) is 13.8 Å². The van der Waals surface area contributed by atoms with Crippen molar-refractivity contribution in [3.05, 3.63) is 29.3 Å². The fourth-order valence-corrected chi connectivity index (χ4v) is 2.04. The Bertz CT molecular complexity index is 405. The minimum atomic E-state index is -3.04. The molecule has 13 heavy (non-hydrogen) atoms. The number of benzene rings is 1. The van der Waals surface area contributed by atoms with Crippen LogP contribution in [0.5, 0.6) is 0 Å². The molecule has 0 atom stereocenters. The first-order valence-corrected chi connectivity index (χ1v) is 5.92. The lowest BCUT2D eigenvalue weighted by Crippen LogP contribution is -2.03. The molecule has 0 heterocycles. The molecule has 0 unspecified atom stereocenters. The molecule has 0 amide bonds. The summed E-state index contributed by atoms with van der Waals surface area (Å²) in [6, 6.07) is 5.24. The average molecular weight is 198 g/mol. The maximum Gasteiger partial charge on any atom is 0.178 e.